The first-order valence-electron chi connectivity index (χ1n) is 4.59. The third-order valence-corrected chi connectivity index (χ3v) is 2.10. The van der Waals surface area contributed by atoms with Gasteiger partial charge in [0.1, 0.15) is 0 Å². The van der Waals surface area contributed by atoms with Crippen LogP contribution in [0.2, 0.25) is 0 Å². The molecule has 4 heteroatoms. The lowest BCUT2D eigenvalue weighted by atomic mass is 9.89. The monoisotopic (exact) mass is 263 g/mol. The zero-order valence-electron chi connectivity index (χ0n) is 9.72. The number of allylic oxidation sites excluding steroid dienone is 1. The quantitative estimate of drug-likeness (QED) is 0.467. The average Bonchev–Trinajstić information content (AvgIpc) is 1.82. The largest absolute Gasteiger partial charge is 0.370 e. The molecule has 0 atom stereocenters. The minimum absolute atomic E-state index is 0. The predicted molar refractivity (Wildman–Crippen MR) is 68.9 cm³/mol. The molecule has 0 fully saturated rings. The van der Waals surface area contributed by atoms with Crippen molar-refractivity contribution in [2.75, 3.05) is 0 Å². The Kier molecular flexibility index (Phi) is 6.90. The molecule has 0 aliphatic heterocycles. The minimum Gasteiger partial charge on any atom is -0.370 e. The summed E-state index contributed by atoms with van der Waals surface area (Å²) in [6.07, 6.45) is 0.978. The fraction of sp³-hybridized carbons (Fsp3) is 0.700. The van der Waals surface area contributed by atoms with Crippen molar-refractivity contribution in [1.29, 1.82) is 0 Å². The van der Waals surface area contributed by atoms with Gasteiger partial charge in [0.2, 0.25) is 0 Å². The van der Waals surface area contributed by atoms with Gasteiger partial charge in [-0.05, 0) is 39.7 Å². The molecule has 0 bridgehead atoms. The van der Waals surface area contributed by atoms with Crippen LogP contribution in [0.1, 0.15) is 41.0 Å². The molecular weight excluding hydrogens is 242 g/mol. The highest BCUT2D eigenvalue weighted by atomic mass is 79.9. The van der Waals surface area contributed by atoms with Gasteiger partial charge in [-0.3, -0.25) is 0 Å². The van der Waals surface area contributed by atoms with Crippen LogP contribution in [0.5, 0.6) is 0 Å². The highest BCUT2D eigenvalue weighted by Crippen LogP contribution is 2.26. The highest BCUT2D eigenvalue weighted by molar-refractivity contribution is 8.93. The minimum atomic E-state index is -0.271. The predicted octanol–water partition coefficient (Wildman–Crippen LogP) is 2.36. The van der Waals surface area contributed by atoms with Crippen LogP contribution in [0, 0.1) is 0 Å². The lowest BCUT2D eigenvalue weighted by Crippen LogP contribution is -2.31. The van der Waals surface area contributed by atoms with Gasteiger partial charge in [-0.1, -0.05) is 12.5 Å². The molecule has 0 saturated carbocycles. The van der Waals surface area contributed by atoms with Gasteiger partial charge in [0.25, 0.3) is 0 Å². The Morgan fingerprint density at radius 1 is 1.21 bits per heavy atom. The Morgan fingerprint density at radius 3 is 1.86 bits per heavy atom. The Labute approximate surface area is 97.4 Å². The van der Waals surface area contributed by atoms with Crippen molar-refractivity contribution < 1.29 is 0 Å². The number of nitrogens with zero attached hydrogens (tertiary/aromatic N) is 1. The van der Waals surface area contributed by atoms with E-state index in [0.717, 1.165) is 6.42 Å². The zero-order valence-corrected chi connectivity index (χ0v) is 11.4. The van der Waals surface area contributed by atoms with E-state index in [1.54, 1.807) is 0 Å². The van der Waals surface area contributed by atoms with Crippen molar-refractivity contribution >= 4 is 22.9 Å². The van der Waals surface area contributed by atoms with Crippen LogP contribution in [0.3, 0.4) is 0 Å². The topological polar surface area (TPSA) is 64.4 Å². The summed E-state index contributed by atoms with van der Waals surface area (Å²) in [6, 6.07) is 0. The molecule has 3 nitrogen and oxygen atoms in total. The van der Waals surface area contributed by atoms with E-state index in [4.69, 9.17) is 11.5 Å². The van der Waals surface area contributed by atoms with E-state index in [-0.39, 0.29) is 28.5 Å². The maximum atomic E-state index is 5.38. The van der Waals surface area contributed by atoms with Gasteiger partial charge in [-0.2, -0.15) is 0 Å². The van der Waals surface area contributed by atoms with Gasteiger partial charge >= 0.3 is 0 Å². The van der Waals surface area contributed by atoms with E-state index < -0.39 is 0 Å². The van der Waals surface area contributed by atoms with E-state index in [1.807, 2.05) is 13.8 Å². The van der Waals surface area contributed by atoms with E-state index in [9.17, 15) is 0 Å². The molecule has 0 aliphatic carbocycles. The standard InChI is InChI=1S/C10H21N3.BrH/c1-6-8(7(2)3)10(4,5)13-9(11)12;/h6H2,1-5H3,(H4,11,12,13);1H. The molecule has 0 aromatic heterocycles. The Morgan fingerprint density at radius 2 is 1.64 bits per heavy atom. The van der Waals surface area contributed by atoms with Crippen LogP contribution in [0.4, 0.5) is 0 Å². The summed E-state index contributed by atoms with van der Waals surface area (Å²) >= 11 is 0. The molecule has 0 spiro atoms. The summed E-state index contributed by atoms with van der Waals surface area (Å²) < 4.78 is 0. The van der Waals surface area contributed by atoms with Crippen LogP contribution < -0.4 is 11.5 Å². The smallest absolute Gasteiger partial charge is 0.186 e. The molecule has 0 aliphatic rings. The Balaban J connectivity index is 0. The zero-order chi connectivity index (χ0) is 10.6. The summed E-state index contributed by atoms with van der Waals surface area (Å²) in [5.74, 6) is 0.150. The van der Waals surface area contributed by atoms with Crippen molar-refractivity contribution in [1.82, 2.24) is 0 Å². The van der Waals surface area contributed by atoms with Crippen LogP contribution >= 0.6 is 17.0 Å². The molecule has 84 valence electrons. The second kappa shape index (κ2) is 6.06. The van der Waals surface area contributed by atoms with Crippen molar-refractivity contribution in [3.8, 4) is 0 Å². The highest BCUT2D eigenvalue weighted by Gasteiger charge is 2.21. The van der Waals surface area contributed by atoms with E-state index in [0.29, 0.717) is 0 Å². The van der Waals surface area contributed by atoms with Crippen LogP contribution in [0.15, 0.2) is 16.1 Å². The third kappa shape index (κ3) is 4.65. The second-order valence-corrected chi connectivity index (χ2v) is 3.93. The van der Waals surface area contributed by atoms with Crippen LogP contribution in [-0.4, -0.2) is 11.5 Å². The first-order chi connectivity index (χ1) is 5.81. The maximum Gasteiger partial charge on any atom is 0.186 e. The molecule has 0 radical (unpaired) electrons. The number of hydrogen-bond acceptors (Lipinski definition) is 1. The number of halogens is 1. The van der Waals surface area contributed by atoms with Gasteiger partial charge in [0.15, 0.2) is 5.96 Å². The second-order valence-electron chi connectivity index (χ2n) is 3.93. The summed E-state index contributed by atoms with van der Waals surface area (Å²) in [5, 5.41) is 0. The summed E-state index contributed by atoms with van der Waals surface area (Å²) in [5.41, 5.74) is 13.1. The average molecular weight is 264 g/mol. The molecule has 0 aromatic carbocycles. The van der Waals surface area contributed by atoms with E-state index in [1.165, 1.54) is 11.1 Å². The van der Waals surface area contributed by atoms with Crippen LogP contribution in [0.25, 0.3) is 0 Å². The number of guanidine groups is 1. The van der Waals surface area contributed by atoms with Gasteiger partial charge in [-0.25, -0.2) is 4.99 Å². The van der Waals surface area contributed by atoms with Crippen molar-refractivity contribution in [3.63, 3.8) is 0 Å². The number of hydrogen-bond donors (Lipinski definition) is 2. The van der Waals surface area contributed by atoms with Crippen molar-refractivity contribution in [3.05, 3.63) is 11.1 Å². The molecule has 0 aromatic rings. The van der Waals surface area contributed by atoms with Crippen molar-refractivity contribution in [2.24, 2.45) is 16.5 Å². The Hall–Kier alpha value is -0.510. The van der Waals surface area contributed by atoms with Gasteiger partial charge < -0.3 is 11.5 Å². The van der Waals surface area contributed by atoms with Crippen molar-refractivity contribution in [2.45, 2.75) is 46.6 Å². The van der Waals surface area contributed by atoms with E-state index >= 15 is 0 Å². The summed E-state index contributed by atoms with van der Waals surface area (Å²) in [4.78, 5) is 4.22. The molecule has 14 heavy (non-hydrogen) atoms. The first kappa shape index (κ1) is 15.9. The molecule has 0 heterocycles. The molecule has 0 unspecified atom stereocenters. The van der Waals surface area contributed by atoms with Gasteiger partial charge in [-0.15, -0.1) is 17.0 Å². The van der Waals surface area contributed by atoms with Crippen LogP contribution in [-0.2, 0) is 0 Å². The first-order valence-corrected chi connectivity index (χ1v) is 4.59. The number of nitrogens with two attached hydrogens (primary N) is 2. The molecule has 0 saturated heterocycles. The lowest BCUT2D eigenvalue weighted by molar-refractivity contribution is 0.585. The molecular formula is C10H22BrN3. The Bertz CT molecular complexity index is 234. The SMILES string of the molecule is Br.CCC(=C(C)C)C(C)(C)N=C(N)N. The molecule has 0 rings (SSSR count). The summed E-state index contributed by atoms with van der Waals surface area (Å²) in [7, 11) is 0. The maximum absolute atomic E-state index is 5.38. The fourth-order valence-electron chi connectivity index (χ4n) is 1.79. The fourth-order valence-corrected chi connectivity index (χ4v) is 1.79. The molecule has 4 N–H and O–H groups in total. The number of rotatable bonds is 3. The third-order valence-electron chi connectivity index (χ3n) is 2.10. The van der Waals surface area contributed by atoms with E-state index in [2.05, 4.69) is 25.8 Å². The lowest BCUT2D eigenvalue weighted by Gasteiger charge is -2.24. The number of aliphatic imine (C=N–C) groups is 1. The molecule has 0 amide bonds. The van der Waals surface area contributed by atoms with Gasteiger partial charge in [0, 0.05) is 0 Å². The van der Waals surface area contributed by atoms with Gasteiger partial charge in [0.05, 0.1) is 5.54 Å². The normalized spacial score (nSPS) is 10.1. The summed E-state index contributed by atoms with van der Waals surface area (Å²) in [6.45, 7) is 10.3.